The molecule has 2 rings (SSSR count). The highest BCUT2D eigenvalue weighted by Gasteiger charge is 2.16. The minimum absolute atomic E-state index is 0.180. The van der Waals surface area contributed by atoms with Gasteiger partial charge in [0.05, 0.1) is 11.6 Å². The van der Waals surface area contributed by atoms with Gasteiger partial charge in [-0.25, -0.2) is 0 Å². The first kappa shape index (κ1) is 13.0. The number of hydrogen-bond acceptors (Lipinski definition) is 3. The van der Waals surface area contributed by atoms with E-state index in [1.165, 1.54) is 0 Å². The minimum Gasteiger partial charge on any atom is -0.388 e. The summed E-state index contributed by atoms with van der Waals surface area (Å²) in [5.74, 6) is 0.180. The van der Waals surface area contributed by atoms with E-state index >= 15 is 0 Å². The van der Waals surface area contributed by atoms with E-state index < -0.39 is 6.10 Å². The van der Waals surface area contributed by atoms with Crippen LogP contribution in [0.5, 0.6) is 0 Å². The van der Waals surface area contributed by atoms with E-state index in [-0.39, 0.29) is 5.92 Å². The lowest BCUT2D eigenvalue weighted by atomic mass is 9.94. The van der Waals surface area contributed by atoms with Crippen LogP contribution in [0.3, 0.4) is 0 Å². The van der Waals surface area contributed by atoms with Crippen molar-refractivity contribution in [3.8, 4) is 0 Å². The van der Waals surface area contributed by atoms with Crippen molar-refractivity contribution in [2.45, 2.75) is 19.4 Å². The smallest absolute Gasteiger partial charge is 0.0816 e. The summed E-state index contributed by atoms with van der Waals surface area (Å²) in [5, 5.41) is 11.4. The van der Waals surface area contributed by atoms with Crippen LogP contribution in [0.25, 0.3) is 10.9 Å². The number of nitrogens with zero attached hydrogens (tertiary/aromatic N) is 1. The van der Waals surface area contributed by atoms with Gasteiger partial charge in [0.2, 0.25) is 0 Å². The molecule has 0 saturated heterocycles. The first-order valence-corrected chi connectivity index (χ1v) is 6.24. The molecule has 0 aliphatic carbocycles. The van der Waals surface area contributed by atoms with Crippen LogP contribution in [0.15, 0.2) is 36.5 Å². The summed E-state index contributed by atoms with van der Waals surface area (Å²) in [6.45, 7) is 2.71. The third kappa shape index (κ3) is 2.86. The second-order valence-corrected chi connectivity index (χ2v) is 4.66. The summed E-state index contributed by atoms with van der Waals surface area (Å²) in [6.07, 6.45) is 2.17. The summed E-state index contributed by atoms with van der Waals surface area (Å²) in [5.41, 5.74) is 1.90. The van der Waals surface area contributed by atoms with Crippen molar-refractivity contribution in [2.75, 3.05) is 13.7 Å². The number of rotatable bonds is 5. The SMILES string of the molecule is COCCC(C)C(O)c1ccc2ncccc2c1. The summed E-state index contributed by atoms with van der Waals surface area (Å²) >= 11 is 0. The normalized spacial score (nSPS) is 14.6. The average molecular weight is 245 g/mol. The first-order valence-electron chi connectivity index (χ1n) is 6.24. The molecular formula is C15H19NO2. The summed E-state index contributed by atoms with van der Waals surface area (Å²) in [7, 11) is 1.68. The largest absolute Gasteiger partial charge is 0.388 e. The van der Waals surface area contributed by atoms with Crippen molar-refractivity contribution >= 4 is 10.9 Å². The molecule has 1 aromatic heterocycles. The van der Waals surface area contributed by atoms with E-state index in [4.69, 9.17) is 4.74 Å². The lowest BCUT2D eigenvalue weighted by molar-refractivity contribution is 0.0887. The number of benzene rings is 1. The zero-order valence-corrected chi connectivity index (χ0v) is 10.8. The van der Waals surface area contributed by atoms with Crippen molar-refractivity contribution in [3.05, 3.63) is 42.1 Å². The Hall–Kier alpha value is -1.45. The molecule has 2 atom stereocenters. The van der Waals surface area contributed by atoms with Crippen LogP contribution in [-0.4, -0.2) is 23.8 Å². The maximum absolute atomic E-state index is 10.3. The molecule has 3 heteroatoms. The van der Waals surface area contributed by atoms with Crippen LogP contribution < -0.4 is 0 Å². The number of fused-ring (bicyclic) bond motifs is 1. The summed E-state index contributed by atoms with van der Waals surface area (Å²) in [4.78, 5) is 4.27. The molecule has 96 valence electrons. The molecule has 1 heterocycles. The number of hydrogen-bond donors (Lipinski definition) is 1. The van der Waals surface area contributed by atoms with E-state index in [2.05, 4.69) is 4.98 Å². The van der Waals surface area contributed by atoms with Crippen molar-refractivity contribution in [1.29, 1.82) is 0 Å². The fraction of sp³-hybridized carbons (Fsp3) is 0.400. The standard InChI is InChI=1S/C15H19NO2/c1-11(7-9-18-2)15(17)13-5-6-14-12(10-13)4-3-8-16-14/h3-6,8,10-11,15,17H,7,9H2,1-2H3. The molecule has 0 saturated carbocycles. The van der Waals surface area contributed by atoms with E-state index in [1.807, 2.05) is 37.3 Å². The van der Waals surface area contributed by atoms with Crippen LogP contribution in [-0.2, 0) is 4.74 Å². The third-order valence-electron chi connectivity index (χ3n) is 3.28. The van der Waals surface area contributed by atoms with Crippen LogP contribution in [0.1, 0.15) is 25.0 Å². The number of ether oxygens (including phenoxy) is 1. The van der Waals surface area contributed by atoms with E-state index in [9.17, 15) is 5.11 Å². The molecule has 0 bridgehead atoms. The zero-order chi connectivity index (χ0) is 13.0. The lowest BCUT2D eigenvalue weighted by Crippen LogP contribution is -2.11. The molecule has 2 unspecified atom stereocenters. The van der Waals surface area contributed by atoms with E-state index in [0.717, 1.165) is 22.9 Å². The third-order valence-corrected chi connectivity index (χ3v) is 3.28. The van der Waals surface area contributed by atoms with Crippen molar-refractivity contribution in [1.82, 2.24) is 4.98 Å². The number of methoxy groups -OCH3 is 1. The van der Waals surface area contributed by atoms with Gasteiger partial charge < -0.3 is 9.84 Å². The van der Waals surface area contributed by atoms with Gasteiger partial charge >= 0.3 is 0 Å². The topological polar surface area (TPSA) is 42.4 Å². The van der Waals surface area contributed by atoms with Crippen LogP contribution >= 0.6 is 0 Å². The Labute approximate surface area is 107 Å². The zero-order valence-electron chi connectivity index (χ0n) is 10.8. The minimum atomic E-state index is -0.454. The highest BCUT2D eigenvalue weighted by Crippen LogP contribution is 2.26. The predicted octanol–water partition coefficient (Wildman–Crippen LogP) is 2.94. The predicted molar refractivity (Wildman–Crippen MR) is 72.4 cm³/mol. The van der Waals surface area contributed by atoms with Gasteiger partial charge in [0.1, 0.15) is 0 Å². The fourth-order valence-electron chi connectivity index (χ4n) is 2.07. The Balaban J connectivity index is 2.19. The highest BCUT2D eigenvalue weighted by molar-refractivity contribution is 5.79. The lowest BCUT2D eigenvalue weighted by Gasteiger charge is -2.19. The maximum atomic E-state index is 10.3. The molecule has 0 amide bonds. The van der Waals surface area contributed by atoms with Gasteiger partial charge in [0.25, 0.3) is 0 Å². The van der Waals surface area contributed by atoms with Crippen molar-refractivity contribution < 1.29 is 9.84 Å². The Kier molecular flexibility index (Phi) is 4.28. The summed E-state index contributed by atoms with van der Waals surface area (Å²) in [6, 6.07) is 9.84. The van der Waals surface area contributed by atoms with Crippen LogP contribution in [0.4, 0.5) is 0 Å². The van der Waals surface area contributed by atoms with E-state index in [1.54, 1.807) is 13.3 Å². The van der Waals surface area contributed by atoms with Gasteiger partial charge in [-0.3, -0.25) is 4.98 Å². The molecule has 2 aromatic rings. The van der Waals surface area contributed by atoms with Crippen molar-refractivity contribution in [2.24, 2.45) is 5.92 Å². The number of aliphatic hydroxyl groups excluding tert-OH is 1. The number of aromatic nitrogens is 1. The number of aliphatic hydroxyl groups is 1. The molecule has 0 spiro atoms. The quantitative estimate of drug-likeness (QED) is 0.880. The molecule has 0 radical (unpaired) electrons. The average Bonchev–Trinajstić information content (AvgIpc) is 2.43. The van der Waals surface area contributed by atoms with Gasteiger partial charge in [-0.05, 0) is 36.1 Å². The van der Waals surface area contributed by atoms with Crippen molar-refractivity contribution in [3.63, 3.8) is 0 Å². The fourth-order valence-corrected chi connectivity index (χ4v) is 2.07. The Bertz CT molecular complexity index is 513. The second-order valence-electron chi connectivity index (χ2n) is 4.66. The second kappa shape index (κ2) is 5.94. The Morgan fingerprint density at radius 1 is 1.33 bits per heavy atom. The Morgan fingerprint density at radius 2 is 2.17 bits per heavy atom. The molecule has 0 aliphatic heterocycles. The van der Waals surface area contributed by atoms with Gasteiger partial charge in [0.15, 0.2) is 0 Å². The highest BCUT2D eigenvalue weighted by atomic mass is 16.5. The molecule has 3 nitrogen and oxygen atoms in total. The molecular weight excluding hydrogens is 226 g/mol. The van der Waals surface area contributed by atoms with Gasteiger partial charge in [-0.2, -0.15) is 0 Å². The molecule has 0 aliphatic rings. The monoisotopic (exact) mass is 245 g/mol. The first-order chi connectivity index (χ1) is 8.72. The van der Waals surface area contributed by atoms with Crippen LogP contribution in [0.2, 0.25) is 0 Å². The molecule has 18 heavy (non-hydrogen) atoms. The Morgan fingerprint density at radius 3 is 2.94 bits per heavy atom. The van der Waals surface area contributed by atoms with Gasteiger partial charge in [-0.15, -0.1) is 0 Å². The van der Waals surface area contributed by atoms with Gasteiger partial charge in [-0.1, -0.05) is 19.1 Å². The summed E-state index contributed by atoms with van der Waals surface area (Å²) < 4.78 is 5.05. The number of pyridine rings is 1. The van der Waals surface area contributed by atoms with Gasteiger partial charge in [0, 0.05) is 25.3 Å². The molecule has 1 N–H and O–H groups in total. The maximum Gasteiger partial charge on any atom is 0.0816 e. The molecule has 1 aromatic carbocycles. The molecule has 0 fully saturated rings. The van der Waals surface area contributed by atoms with E-state index in [0.29, 0.717) is 6.61 Å². The van der Waals surface area contributed by atoms with Crippen LogP contribution in [0, 0.1) is 5.92 Å².